The number of nitrogens with two attached hydrogens (primary N) is 2. The molecule has 0 aliphatic carbocycles. The van der Waals surface area contributed by atoms with Crippen LogP contribution in [0.25, 0.3) is 0 Å². The first kappa shape index (κ1) is 9.82. The van der Waals surface area contributed by atoms with Crippen LogP contribution in [-0.2, 0) is 17.7 Å². The van der Waals surface area contributed by atoms with E-state index in [-0.39, 0.29) is 0 Å². The molecule has 0 aliphatic rings. The van der Waals surface area contributed by atoms with Crippen LogP contribution in [0.15, 0.2) is 0 Å². The largest absolute Gasteiger partial charge is 0.317 e. The maximum absolute atomic E-state index is 10.5. The Kier molecular flexibility index (Phi) is 2.77. The molecule has 0 rings (SSSR count). The molecule has 0 aromatic rings. The average Bonchev–Trinajstić information content (AvgIpc) is 1.88. The highest BCUT2D eigenvalue weighted by Gasteiger charge is 2.25. The molecule has 0 spiro atoms. The van der Waals surface area contributed by atoms with Crippen molar-refractivity contribution in [3.63, 3.8) is 0 Å². The van der Waals surface area contributed by atoms with Gasteiger partial charge in [-0.1, -0.05) is 0 Å². The van der Waals surface area contributed by atoms with Crippen LogP contribution in [0.2, 0.25) is 0 Å². The molecule has 4 N–H and O–H groups in total. The normalized spacial score (nSPS) is 13.4. The van der Waals surface area contributed by atoms with Gasteiger partial charge >= 0.3 is 0 Å². The molecule has 0 heterocycles. The van der Waals surface area contributed by atoms with Crippen molar-refractivity contribution in [1.29, 1.82) is 0 Å². The van der Waals surface area contributed by atoms with Gasteiger partial charge < -0.3 is 11.5 Å². The van der Waals surface area contributed by atoms with Gasteiger partial charge in [0.25, 0.3) is 17.7 Å². The standard InChI is InChI=1S/C2H8N2O4S2/c3-1-9(5,6)10(7,8)2-4/h1-4H2. The molecule has 0 atom stereocenters. The molecular formula is C2H8N2O4S2. The molecule has 6 nitrogen and oxygen atoms in total. The van der Waals surface area contributed by atoms with E-state index in [4.69, 9.17) is 0 Å². The topological polar surface area (TPSA) is 120 Å². The Bertz CT molecular complexity index is 255. The van der Waals surface area contributed by atoms with Gasteiger partial charge in [-0.2, -0.15) is 0 Å². The molecule has 0 aliphatic heterocycles. The summed E-state index contributed by atoms with van der Waals surface area (Å²) < 4.78 is 41.8. The van der Waals surface area contributed by atoms with E-state index in [1.165, 1.54) is 0 Å². The Morgan fingerprint density at radius 1 is 0.800 bits per heavy atom. The molecule has 0 unspecified atom stereocenters. The van der Waals surface area contributed by atoms with Crippen LogP contribution < -0.4 is 11.5 Å². The zero-order valence-electron chi connectivity index (χ0n) is 5.02. The van der Waals surface area contributed by atoms with Crippen LogP contribution in [0.5, 0.6) is 0 Å². The van der Waals surface area contributed by atoms with Crippen LogP contribution in [0.4, 0.5) is 0 Å². The summed E-state index contributed by atoms with van der Waals surface area (Å²) in [6.45, 7) is 0. The second-order valence-electron chi connectivity index (χ2n) is 1.45. The van der Waals surface area contributed by atoms with Gasteiger partial charge in [-0.3, -0.25) is 0 Å². The van der Waals surface area contributed by atoms with Gasteiger partial charge in [0.05, 0.1) is 0 Å². The lowest BCUT2D eigenvalue weighted by Crippen LogP contribution is -2.29. The van der Waals surface area contributed by atoms with Gasteiger partial charge in [-0.15, -0.1) is 0 Å². The van der Waals surface area contributed by atoms with E-state index in [1.807, 2.05) is 0 Å². The molecule has 0 fully saturated rings. The molecule has 8 heteroatoms. The van der Waals surface area contributed by atoms with Crippen molar-refractivity contribution in [2.75, 3.05) is 11.8 Å². The lowest BCUT2D eigenvalue weighted by Gasteiger charge is -1.97. The van der Waals surface area contributed by atoms with Crippen molar-refractivity contribution in [2.24, 2.45) is 11.5 Å². The molecule has 0 radical (unpaired) electrons. The van der Waals surface area contributed by atoms with Gasteiger partial charge in [-0.05, 0) is 0 Å². The minimum Gasteiger partial charge on any atom is -0.317 e. The van der Waals surface area contributed by atoms with E-state index in [0.717, 1.165) is 0 Å². The number of hydrogen-bond donors (Lipinski definition) is 2. The van der Waals surface area contributed by atoms with Crippen LogP contribution in [-0.4, -0.2) is 28.6 Å². The van der Waals surface area contributed by atoms with Crippen LogP contribution in [0, 0.1) is 0 Å². The van der Waals surface area contributed by atoms with Crippen molar-refractivity contribution in [3.8, 4) is 0 Å². The van der Waals surface area contributed by atoms with Gasteiger partial charge in [0.2, 0.25) is 0 Å². The molecular weight excluding hydrogens is 180 g/mol. The smallest absolute Gasteiger partial charge is 0.267 e. The fourth-order valence-corrected chi connectivity index (χ4v) is 1.87. The summed E-state index contributed by atoms with van der Waals surface area (Å²) in [7, 11) is -8.45. The fraction of sp³-hybridized carbons (Fsp3) is 1.00. The summed E-state index contributed by atoms with van der Waals surface area (Å²) in [5, 5.41) is 0. The quantitative estimate of drug-likeness (QED) is 0.475. The average molecular weight is 188 g/mol. The Labute approximate surface area is 58.4 Å². The van der Waals surface area contributed by atoms with Crippen molar-refractivity contribution in [1.82, 2.24) is 0 Å². The van der Waals surface area contributed by atoms with E-state index in [1.54, 1.807) is 0 Å². The molecule has 0 bridgehead atoms. The van der Waals surface area contributed by atoms with Gasteiger partial charge in [-0.25, -0.2) is 16.8 Å². The highest BCUT2D eigenvalue weighted by atomic mass is 33.2. The Morgan fingerprint density at radius 3 is 1.10 bits per heavy atom. The lowest BCUT2D eigenvalue weighted by atomic mass is 11.6. The second-order valence-corrected chi connectivity index (χ2v) is 7.39. The van der Waals surface area contributed by atoms with E-state index >= 15 is 0 Å². The summed E-state index contributed by atoms with van der Waals surface area (Å²) >= 11 is 0. The van der Waals surface area contributed by atoms with E-state index in [2.05, 4.69) is 11.5 Å². The summed E-state index contributed by atoms with van der Waals surface area (Å²) in [4.78, 5) is 0. The Balaban J connectivity index is 5.05. The van der Waals surface area contributed by atoms with Crippen LogP contribution in [0.1, 0.15) is 0 Å². The molecule has 0 saturated heterocycles. The minimum atomic E-state index is -4.22. The fourth-order valence-electron chi connectivity index (χ4n) is 0.207. The number of hydrogen-bond acceptors (Lipinski definition) is 6. The van der Waals surface area contributed by atoms with Crippen molar-refractivity contribution < 1.29 is 16.8 Å². The predicted octanol–water partition coefficient (Wildman–Crippen LogP) is -2.44. The van der Waals surface area contributed by atoms with Gasteiger partial charge in [0.15, 0.2) is 0 Å². The maximum Gasteiger partial charge on any atom is 0.267 e. The third-order valence-corrected chi connectivity index (χ3v) is 5.52. The van der Waals surface area contributed by atoms with E-state index in [9.17, 15) is 16.8 Å². The molecule has 0 amide bonds. The van der Waals surface area contributed by atoms with Crippen molar-refractivity contribution >= 4 is 17.7 Å². The second kappa shape index (κ2) is 2.82. The summed E-state index contributed by atoms with van der Waals surface area (Å²) in [5.41, 5.74) is 9.29. The van der Waals surface area contributed by atoms with Gasteiger partial charge in [0.1, 0.15) is 11.8 Å². The Hall–Kier alpha value is -0.180. The first-order valence-electron chi connectivity index (χ1n) is 2.23. The van der Waals surface area contributed by atoms with Crippen molar-refractivity contribution in [3.05, 3.63) is 0 Å². The molecule has 0 aromatic heterocycles. The summed E-state index contributed by atoms with van der Waals surface area (Å²) in [5.74, 6) is -1.85. The van der Waals surface area contributed by atoms with Crippen molar-refractivity contribution in [2.45, 2.75) is 0 Å². The molecule has 10 heavy (non-hydrogen) atoms. The highest BCUT2D eigenvalue weighted by Crippen LogP contribution is 1.98. The summed E-state index contributed by atoms with van der Waals surface area (Å²) in [6.07, 6.45) is 0. The van der Waals surface area contributed by atoms with E-state index < -0.39 is 29.5 Å². The third-order valence-electron chi connectivity index (χ3n) is 0.795. The van der Waals surface area contributed by atoms with Crippen LogP contribution in [0.3, 0.4) is 0 Å². The first-order chi connectivity index (χ1) is 4.37. The zero-order chi connectivity index (χ0) is 8.41. The van der Waals surface area contributed by atoms with Crippen LogP contribution >= 0.6 is 0 Å². The van der Waals surface area contributed by atoms with E-state index in [0.29, 0.717) is 0 Å². The molecule has 0 saturated carbocycles. The predicted molar refractivity (Wildman–Crippen MR) is 35.9 cm³/mol. The summed E-state index contributed by atoms with van der Waals surface area (Å²) in [6, 6.07) is 0. The maximum atomic E-state index is 10.5. The third kappa shape index (κ3) is 1.66. The van der Waals surface area contributed by atoms with Gasteiger partial charge in [0, 0.05) is 0 Å². The number of rotatable bonds is 3. The molecule has 62 valence electrons. The minimum absolute atomic E-state index is 0.924. The highest BCUT2D eigenvalue weighted by molar-refractivity contribution is 8.67. The molecule has 0 aromatic carbocycles. The SMILES string of the molecule is NCS(=O)(=O)S(=O)(=O)CN. The lowest BCUT2D eigenvalue weighted by molar-refractivity contribution is 0.583. The first-order valence-corrected chi connectivity index (χ1v) is 6.05. The monoisotopic (exact) mass is 188 g/mol. The zero-order valence-corrected chi connectivity index (χ0v) is 6.65. The Morgan fingerprint density at radius 2 is 1.00 bits per heavy atom.